The molecule has 0 aliphatic heterocycles. The summed E-state index contributed by atoms with van der Waals surface area (Å²) in [5.41, 5.74) is 1.85. The SMILES string of the molecule is Cl.NN(c1ccccc1)c1ccc(Cl)cc1. The predicted molar refractivity (Wildman–Crippen MR) is 71.5 cm³/mol. The second kappa shape index (κ2) is 5.75. The lowest BCUT2D eigenvalue weighted by Gasteiger charge is -2.18. The molecule has 0 aliphatic carbocycles. The zero-order chi connectivity index (χ0) is 10.7. The normalized spacial score (nSPS) is 9.38. The molecule has 0 aromatic heterocycles. The van der Waals surface area contributed by atoms with E-state index in [0.717, 1.165) is 11.4 Å². The van der Waals surface area contributed by atoms with E-state index in [1.807, 2.05) is 54.6 Å². The van der Waals surface area contributed by atoms with Crippen molar-refractivity contribution in [1.29, 1.82) is 0 Å². The van der Waals surface area contributed by atoms with Crippen molar-refractivity contribution in [2.45, 2.75) is 0 Å². The summed E-state index contributed by atoms with van der Waals surface area (Å²) in [5.74, 6) is 5.96. The smallest absolute Gasteiger partial charge is 0.0576 e. The third-order valence-electron chi connectivity index (χ3n) is 2.14. The molecule has 2 rings (SSSR count). The largest absolute Gasteiger partial charge is 0.280 e. The number of nitrogens with zero attached hydrogens (tertiary/aromatic N) is 1. The number of para-hydroxylation sites is 1. The number of nitrogens with two attached hydrogens (primary N) is 1. The minimum atomic E-state index is 0. The molecule has 2 N–H and O–H groups in total. The van der Waals surface area contributed by atoms with Crippen LogP contribution in [0.25, 0.3) is 0 Å². The zero-order valence-electron chi connectivity index (χ0n) is 8.51. The van der Waals surface area contributed by atoms with Gasteiger partial charge in [0.1, 0.15) is 0 Å². The van der Waals surface area contributed by atoms with Crippen molar-refractivity contribution in [2.24, 2.45) is 5.84 Å². The van der Waals surface area contributed by atoms with E-state index in [4.69, 9.17) is 17.4 Å². The average molecular weight is 255 g/mol. The van der Waals surface area contributed by atoms with Crippen LogP contribution in [0.2, 0.25) is 5.02 Å². The van der Waals surface area contributed by atoms with Gasteiger partial charge in [0.15, 0.2) is 0 Å². The number of anilines is 2. The first-order chi connectivity index (χ1) is 7.27. The Kier molecular flexibility index (Phi) is 4.62. The Balaban J connectivity index is 0.00000128. The Morgan fingerprint density at radius 2 is 1.31 bits per heavy atom. The Morgan fingerprint density at radius 1 is 0.812 bits per heavy atom. The van der Waals surface area contributed by atoms with E-state index in [1.165, 1.54) is 0 Å². The summed E-state index contributed by atoms with van der Waals surface area (Å²) in [4.78, 5) is 0. The molecule has 2 nitrogen and oxygen atoms in total. The van der Waals surface area contributed by atoms with Gasteiger partial charge in [0.2, 0.25) is 0 Å². The maximum atomic E-state index is 5.96. The molecule has 0 saturated carbocycles. The van der Waals surface area contributed by atoms with Crippen molar-refractivity contribution in [3.8, 4) is 0 Å². The van der Waals surface area contributed by atoms with Crippen LogP contribution in [0, 0.1) is 0 Å². The van der Waals surface area contributed by atoms with E-state index in [1.54, 1.807) is 5.01 Å². The second-order valence-electron chi connectivity index (χ2n) is 3.18. The number of benzene rings is 2. The number of rotatable bonds is 2. The molecule has 0 amide bonds. The van der Waals surface area contributed by atoms with E-state index in [-0.39, 0.29) is 12.4 Å². The molecule has 84 valence electrons. The highest BCUT2D eigenvalue weighted by molar-refractivity contribution is 6.30. The molecule has 0 bridgehead atoms. The predicted octanol–water partition coefficient (Wildman–Crippen LogP) is 3.77. The van der Waals surface area contributed by atoms with Crippen LogP contribution in [0.15, 0.2) is 54.6 Å². The highest BCUT2D eigenvalue weighted by Crippen LogP contribution is 2.22. The van der Waals surface area contributed by atoms with E-state index in [9.17, 15) is 0 Å². The van der Waals surface area contributed by atoms with Crippen LogP contribution in [0.1, 0.15) is 0 Å². The lowest BCUT2D eigenvalue weighted by atomic mass is 10.2. The summed E-state index contributed by atoms with van der Waals surface area (Å²) in [6, 6.07) is 17.2. The monoisotopic (exact) mass is 254 g/mol. The topological polar surface area (TPSA) is 29.3 Å². The Hall–Kier alpha value is -1.22. The first-order valence-corrected chi connectivity index (χ1v) is 5.00. The van der Waals surface area contributed by atoms with Gasteiger partial charge < -0.3 is 0 Å². The standard InChI is InChI=1S/C12H11ClN2.ClH/c13-10-6-8-12(9-7-10)15(14)11-4-2-1-3-5-11;/h1-9H,14H2;1H. The van der Waals surface area contributed by atoms with Crippen molar-refractivity contribution in [2.75, 3.05) is 5.01 Å². The molecule has 0 atom stereocenters. The van der Waals surface area contributed by atoms with Gasteiger partial charge in [0, 0.05) is 5.02 Å². The fourth-order valence-corrected chi connectivity index (χ4v) is 1.47. The van der Waals surface area contributed by atoms with Gasteiger partial charge in [-0.25, -0.2) is 5.84 Å². The van der Waals surface area contributed by atoms with Crippen molar-refractivity contribution < 1.29 is 0 Å². The molecule has 0 unspecified atom stereocenters. The molecule has 16 heavy (non-hydrogen) atoms. The van der Waals surface area contributed by atoms with Gasteiger partial charge in [0.05, 0.1) is 11.4 Å². The summed E-state index contributed by atoms with van der Waals surface area (Å²) in [6.07, 6.45) is 0. The highest BCUT2D eigenvalue weighted by Gasteiger charge is 2.02. The molecule has 0 aliphatic rings. The van der Waals surface area contributed by atoms with Crippen molar-refractivity contribution in [3.63, 3.8) is 0 Å². The lowest BCUT2D eigenvalue weighted by molar-refractivity contribution is 1.09. The van der Waals surface area contributed by atoms with E-state index in [0.29, 0.717) is 5.02 Å². The van der Waals surface area contributed by atoms with E-state index in [2.05, 4.69) is 0 Å². The van der Waals surface area contributed by atoms with Crippen molar-refractivity contribution >= 4 is 35.4 Å². The summed E-state index contributed by atoms with van der Waals surface area (Å²) >= 11 is 5.80. The quantitative estimate of drug-likeness (QED) is 0.653. The summed E-state index contributed by atoms with van der Waals surface area (Å²) < 4.78 is 0. The van der Waals surface area contributed by atoms with Gasteiger partial charge >= 0.3 is 0 Å². The van der Waals surface area contributed by atoms with Crippen LogP contribution < -0.4 is 10.9 Å². The van der Waals surface area contributed by atoms with E-state index >= 15 is 0 Å². The maximum absolute atomic E-state index is 5.96. The molecular formula is C12H12Cl2N2. The molecule has 2 aromatic rings. The van der Waals surface area contributed by atoms with Crippen LogP contribution in [-0.4, -0.2) is 0 Å². The Labute approximate surface area is 106 Å². The summed E-state index contributed by atoms with van der Waals surface area (Å²) in [6.45, 7) is 0. The maximum Gasteiger partial charge on any atom is 0.0576 e. The number of hydrazine groups is 1. The van der Waals surface area contributed by atoms with Gasteiger partial charge in [-0.05, 0) is 36.4 Å². The molecule has 0 radical (unpaired) electrons. The lowest BCUT2D eigenvalue weighted by Crippen LogP contribution is -2.24. The number of hydrogen-bond donors (Lipinski definition) is 1. The third kappa shape index (κ3) is 2.89. The Bertz CT molecular complexity index is 429. The third-order valence-corrected chi connectivity index (χ3v) is 2.39. The Morgan fingerprint density at radius 3 is 1.88 bits per heavy atom. The number of hydrogen-bond acceptors (Lipinski definition) is 2. The summed E-state index contributed by atoms with van der Waals surface area (Å²) in [5, 5.41) is 2.33. The second-order valence-corrected chi connectivity index (χ2v) is 3.62. The molecule has 0 heterocycles. The van der Waals surface area contributed by atoms with Gasteiger partial charge in [0.25, 0.3) is 0 Å². The minimum Gasteiger partial charge on any atom is -0.280 e. The zero-order valence-corrected chi connectivity index (χ0v) is 10.1. The molecule has 2 aromatic carbocycles. The van der Waals surface area contributed by atoms with Crippen LogP contribution in [0.3, 0.4) is 0 Å². The molecule has 0 saturated heterocycles. The van der Waals surface area contributed by atoms with Crippen LogP contribution >= 0.6 is 24.0 Å². The first-order valence-electron chi connectivity index (χ1n) is 4.63. The first kappa shape index (κ1) is 12.8. The molecular weight excluding hydrogens is 243 g/mol. The van der Waals surface area contributed by atoms with Gasteiger partial charge in [-0.3, -0.25) is 5.01 Å². The molecule has 4 heteroatoms. The van der Waals surface area contributed by atoms with Crippen LogP contribution in [-0.2, 0) is 0 Å². The van der Waals surface area contributed by atoms with E-state index < -0.39 is 0 Å². The van der Waals surface area contributed by atoms with Gasteiger partial charge in [-0.1, -0.05) is 29.8 Å². The van der Waals surface area contributed by atoms with Crippen molar-refractivity contribution in [3.05, 3.63) is 59.6 Å². The van der Waals surface area contributed by atoms with Crippen molar-refractivity contribution in [1.82, 2.24) is 0 Å². The molecule has 0 fully saturated rings. The highest BCUT2D eigenvalue weighted by atomic mass is 35.5. The average Bonchev–Trinajstić information content (AvgIpc) is 2.30. The summed E-state index contributed by atoms with van der Waals surface area (Å²) in [7, 11) is 0. The fraction of sp³-hybridized carbons (Fsp3) is 0. The van der Waals surface area contributed by atoms with Gasteiger partial charge in [-0.15, -0.1) is 12.4 Å². The fourth-order valence-electron chi connectivity index (χ4n) is 1.34. The van der Waals surface area contributed by atoms with Crippen LogP contribution in [0.5, 0.6) is 0 Å². The van der Waals surface area contributed by atoms with Gasteiger partial charge in [-0.2, -0.15) is 0 Å². The number of halogens is 2. The molecule has 0 spiro atoms. The van der Waals surface area contributed by atoms with Crippen LogP contribution in [0.4, 0.5) is 11.4 Å². The minimum absolute atomic E-state index is 0.